The zero-order valence-corrected chi connectivity index (χ0v) is 22.8. The number of hydrogen-bond donors (Lipinski definition) is 3. The minimum Gasteiger partial charge on any atom is -0.497 e. The number of ether oxygens (including phenoxy) is 3. The molecule has 0 saturated heterocycles. The van der Waals surface area contributed by atoms with Gasteiger partial charge in [-0.15, -0.1) is 0 Å². The summed E-state index contributed by atoms with van der Waals surface area (Å²) in [5.41, 5.74) is 1.22. The van der Waals surface area contributed by atoms with Crippen LogP contribution in [-0.2, 0) is 21.2 Å². The second-order valence-corrected chi connectivity index (χ2v) is 9.89. The SMILES string of the molecule is CCOCCNC(=O)Oc1ccc(C(=O)NS(=O)(=O)c2ccc(C(=O)NCCc3ccc(OC)cc3)cc2)cn1. The highest BCUT2D eigenvalue weighted by Gasteiger charge is 2.20. The van der Waals surface area contributed by atoms with E-state index in [0.717, 1.165) is 17.5 Å². The van der Waals surface area contributed by atoms with Crippen LogP contribution in [0, 0.1) is 0 Å². The van der Waals surface area contributed by atoms with Crippen molar-refractivity contribution in [3.05, 3.63) is 83.6 Å². The molecule has 0 bridgehead atoms. The Hall–Kier alpha value is -4.49. The Bertz CT molecular complexity index is 1390. The van der Waals surface area contributed by atoms with Crippen LogP contribution < -0.4 is 24.8 Å². The molecule has 0 aliphatic rings. The van der Waals surface area contributed by atoms with Gasteiger partial charge in [-0.05, 0) is 61.4 Å². The Labute approximate surface area is 232 Å². The van der Waals surface area contributed by atoms with Crippen molar-refractivity contribution >= 4 is 27.9 Å². The fourth-order valence-electron chi connectivity index (χ4n) is 3.32. The van der Waals surface area contributed by atoms with Gasteiger partial charge in [0.1, 0.15) is 5.75 Å². The van der Waals surface area contributed by atoms with Crippen molar-refractivity contribution in [3.8, 4) is 11.6 Å². The summed E-state index contributed by atoms with van der Waals surface area (Å²) >= 11 is 0. The number of pyridine rings is 1. The van der Waals surface area contributed by atoms with Gasteiger partial charge >= 0.3 is 6.09 Å². The Balaban J connectivity index is 1.50. The lowest BCUT2D eigenvalue weighted by atomic mass is 10.1. The van der Waals surface area contributed by atoms with Gasteiger partial charge in [0.2, 0.25) is 5.88 Å². The van der Waals surface area contributed by atoms with Gasteiger partial charge in [-0.3, -0.25) is 9.59 Å². The van der Waals surface area contributed by atoms with Crippen LogP contribution in [0.5, 0.6) is 11.6 Å². The number of hydrogen-bond acceptors (Lipinski definition) is 9. The number of benzene rings is 2. The van der Waals surface area contributed by atoms with E-state index < -0.39 is 22.0 Å². The summed E-state index contributed by atoms with van der Waals surface area (Å²) in [5, 5.41) is 5.25. The minimum atomic E-state index is -4.23. The topological polar surface area (TPSA) is 162 Å². The molecule has 3 aromatic rings. The molecule has 3 N–H and O–H groups in total. The van der Waals surface area contributed by atoms with Crippen LogP contribution in [0.3, 0.4) is 0 Å². The van der Waals surface area contributed by atoms with E-state index >= 15 is 0 Å². The summed E-state index contributed by atoms with van der Waals surface area (Å²) in [6.07, 6.45) is 0.937. The van der Waals surface area contributed by atoms with Gasteiger partial charge in [0.05, 0.1) is 24.2 Å². The number of aromatic nitrogens is 1. The van der Waals surface area contributed by atoms with Gasteiger partial charge in [0.25, 0.3) is 21.8 Å². The van der Waals surface area contributed by atoms with Gasteiger partial charge < -0.3 is 24.8 Å². The number of rotatable bonds is 13. The Kier molecular flexibility index (Phi) is 11.0. The van der Waals surface area contributed by atoms with Gasteiger partial charge in [0, 0.05) is 37.5 Å². The molecular formula is C27H30N4O8S. The molecule has 40 heavy (non-hydrogen) atoms. The van der Waals surface area contributed by atoms with Gasteiger partial charge in [0.15, 0.2) is 0 Å². The predicted octanol–water partition coefficient (Wildman–Crippen LogP) is 2.31. The third-order valence-corrected chi connectivity index (χ3v) is 6.77. The maximum atomic E-state index is 12.7. The van der Waals surface area contributed by atoms with Crippen molar-refractivity contribution in [1.82, 2.24) is 20.3 Å². The van der Waals surface area contributed by atoms with Gasteiger partial charge in [-0.25, -0.2) is 22.9 Å². The van der Waals surface area contributed by atoms with Gasteiger partial charge in [-0.1, -0.05) is 12.1 Å². The number of carbonyl (C=O) groups is 3. The van der Waals surface area contributed by atoms with E-state index in [4.69, 9.17) is 14.2 Å². The van der Waals surface area contributed by atoms with Crippen molar-refractivity contribution in [2.75, 3.05) is 33.4 Å². The molecule has 212 valence electrons. The molecule has 3 amide bonds. The van der Waals surface area contributed by atoms with E-state index in [1.165, 1.54) is 36.4 Å². The number of sulfonamides is 1. The van der Waals surface area contributed by atoms with E-state index in [9.17, 15) is 22.8 Å². The molecule has 3 rings (SSSR count). The largest absolute Gasteiger partial charge is 0.497 e. The molecule has 0 radical (unpaired) electrons. The highest BCUT2D eigenvalue weighted by molar-refractivity contribution is 7.90. The predicted molar refractivity (Wildman–Crippen MR) is 145 cm³/mol. The molecular weight excluding hydrogens is 540 g/mol. The normalized spacial score (nSPS) is 10.8. The number of carbonyl (C=O) groups excluding carboxylic acids is 3. The Morgan fingerprint density at radius 2 is 1.55 bits per heavy atom. The van der Waals surface area contributed by atoms with E-state index in [1.807, 2.05) is 35.9 Å². The van der Waals surface area contributed by atoms with Crippen LogP contribution in [-0.4, -0.2) is 64.7 Å². The standard InChI is InChI=1S/C27H30N4O8S/c1-3-38-17-16-29-27(34)39-24-13-8-21(18-30-24)26(33)31-40(35,36)23-11-6-20(7-12-23)25(32)28-15-14-19-4-9-22(37-2)10-5-19/h4-13,18H,3,14-17H2,1-2H3,(H,28,32)(H,29,34)(H,31,33). The maximum absolute atomic E-state index is 12.7. The second kappa shape index (κ2) is 14.6. The molecule has 0 unspecified atom stereocenters. The lowest BCUT2D eigenvalue weighted by Crippen LogP contribution is -2.31. The molecule has 0 atom stereocenters. The van der Waals surface area contributed by atoms with E-state index in [0.29, 0.717) is 26.2 Å². The molecule has 1 heterocycles. The summed E-state index contributed by atoms with van der Waals surface area (Å²) in [4.78, 5) is 40.3. The average molecular weight is 571 g/mol. The highest BCUT2D eigenvalue weighted by atomic mass is 32.2. The van der Waals surface area contributed by atoms with Crippen LogP contribution in [0.25, 0.3) is 0 Å². The molecule has 0 fully saturated rings. The number of amides is 3. The maximum Gasteiger partial charge on any atom is 0.414 e. The summed E-state index contributed by atoms with van der Waals surface area (Å²) in [6, 6.07) is 15.2. The van der Waals surface area contributed by atoms with Crippen LogP contribution >= 0.6 is 0 Å². The Morgan fingerprint density at radius 3 is 2.17 bits per heavy atom. The molecule has 0 saturated carbocycles. The molecule has 1 aromatic heterocycles. The smallest absolute Gasteiger partial charge is 0.414 e. The molecule has 0 aliphatic heterocycles. The summed E-state index contributed by atoms with van der Waals surface area (Å²) in [5.74, 6) is -0.626. The molecule has 0 spiro atoms. The first-order chi connectivity index (χ1) is 19.2. The summed E-state index contributed by atoms with van der Waals surface area (Å²) < 4.78 is 42.5. The average Bonchev–Trinajstić information content (AvgIpc) is 2.96. The van der Waals surface area contributed by atoms with Crippen molar-refractivity contribution in [2.45, 2.75) is 18.2 Å². The monoisotopic (exact) mass is 570 g/mol. The number of methoxy groups -OCH3 is 1. The van der Waals surface area contributed by atoms with E-state index in [1.54, 1.807) is 7.11 Å². The molecule has 2 aromatic carbocycles. The van der Waals surface area contributed by atoms with E-state index in [-0.39, 0.29) is 34.4 Å². The first-order valence-electron chi connectivity index (χ1n) is 12.3. The van der Waals surface area contributed by atoms with Crippen LogP contribution in [0.1, 0.15) is 33.2 Å². The van der Waals surface area contributed by atoms with Crippen LogP contribution in [0.2, 0.25) is 0 Å². The summed E-state index contributed by atoms with van der Waals surface area (Å²) in [7, 11) is -2.64. The highest BCUT2D eigenvalue weighted by Crippen LogP contribution is 2.14. The number of nitrogens with zero attached hydrogens (tertiary/aromatic N) is 1. The second-order valence-electron chi connectivity index (χ2n) is 8.21. The van der Waals surface area contributed by atoms with Crippen molar-refractivity contribution in [3.63, 3.8) is 0 Å². The van der Waals surface area contributed by atoms with Crippen molar-refractivity contribution in [2.24, 2.45) is 0 Å². The van der Waals surface area contributed by atoms with E-state index in [2.05, 4.69) is 15.6 Å². The third-order valence-electron chi connectivity index (χ3n) is 5.43. The van der Waals surface area contributed by atoms with Gasteiger partial charge in [-0.2, -0.15) is 0 Å². The van der Waals surface area contributed by atoms with Crippen molar-refractivity contribution in [1.29, 1.82) is 0 Å². The van der Waals surface area contributed by atoms with Crippen LogP contribution in [0.4, 0.5) is 4.79 Å². The molecule has 0 aliphatic carbocycles. The Morgan fingerprint density at radius 1 is 0.850 bits per heavy atom. The number of nitrogens with one attached hydrogen (secondary N) is 3. The third kappa shape index (κ3) is 9.06. The minimum absolute atomic E-state index is 0.0689. The van der Waals surface area contributed by atoms with Crippen molar-refractivity contribution < 1.29 is 37.0 Å². The lowest BCUT2D eigenvalue weighted by molar-refractivity contribution is 0.0951. The molecule has 13 heteroatoms. The van der Waals surface area contributed by atoms with Crippen LogP contribution in [0.15, 0.2) is 71.8 Å². The molecule has 12 nitrogen and oxygen atoms in total. The first kappa shape index (κ1) is 30.1. The quantitative estimate of drug-likeness (QED) is 0.262. The fraction of sp³-hybridized carbons (Fsp3) is 0.259. The lowest BCUT2D eigenvalue weighted by Gasteiger charge is -2.09. The zero-order chi connectivity index (χ0) is 29.0. The first-order valence-corrected chi connectivity index (χ1v) is 13.8. The zero-order valence-electron chi connectivity index (χ0n) is 22.0. The fourth-order valence-corrected chi connectivity index (χ4v) is 4.29. The summed E-state index contributed by atoms with van der Waals surface area (Å²) in [6.45, 7) is 3.31.